The first-order chi connectivity index (χ1) is 24.0. The quantitative estimate of drug-likeness (QED) is 0.178. The third-order valence-electron chi connectivity index (χ3n) is 10.5. The summed E-state index contributed by atoms with van der Waals surface area (Å²) in [7, 11) is 0. The van der Waals surface area contributed by atoms with Crippen molar-refractivity contribution in [2.24, 2.45) is 0 Å². The summed E-state index contributed by atoms with van der Waals surface area (Å²) >= 11 is 0. The van der Waals surface area contributed by atoms with E-state index in [0.29, 0.717) is 0 Å². The first-order valence-electron chi connectivity index (χ1n) is 17.6. The second kappa shape index (κ2) is 11.8. The molecule has 0 bridgehead atoms. The summed E-state index contributed by atoms with van der Waals surface area (Å²) in [6.45, 7) is 15.2. The molecule has 2 nitrogen and oxygen atoms in total. The predicted molar refractivity (Wildman–Crippen MR) is 211 cm³/mol. The molecule has 2 aromatic heterocycles. The van der Waals surface area contributed by atoms with E-state index in [2.05, 4.69) is 170 Å². The average molecular weight is 635 g/mol. The lowest BCUT2D eigenvalue weighted by molar-refractivity contribution is 0.660. The van der Waals surface area contributed by atoms with Crippen LogP contribution in [0, 0.1) is 0 Å². The maximum atomic E-state index is 4.23. The highest BCUT2D eigenvalue weighted by molar-refractivity contribution is 6.11. The van der Waals surface area contributed by atoms with Crippen LogP contribution >= 0.6 is 0 Å². The van der Waals surface area contributed by atoms with Gasteiger partial charge in [-0.05, 0) is 94.4 Å². The van der Waals surface area contributed by atoms with Crippen LogP contribution in [0.25, 0.3) is 72.4 Å². The highest BCUT2D eigenvalue weighted by atomic mass is 15.0. The average Bonchev–Trinajstić information content (AvgIpc) is 3.74. The maximum absolute atomic E-state index is 4.23. The molecular formula is C47H42N2. The summed E-state index contributed by atoms with van der Waals surface area (Å²) in [6.07, 6.45) is 2.95. The minimum Gasteiger partial charge on any atom is -0.313 e. The van der Waals surface area contributed by atoms with Crippen molar-refractivity contribution in [1.29, 1.82) is 0 Å². The van der Waals surface area contributed by atoms with Gasteiger partial charge in [-0.15, -0.1) is 0 Å². The van der Waals surface area contributed by atoms with Gasteiger partial charge < -0.3 is 9.13 Å². The van der Waals surface area contributed by atoms with E-state index in [1.807, 2.05) is 19.9 Å². The minimum atomic E-state index is -0.0477. The molecule has 2 heterocycles. The fourth-order valence-electron chi connectivity index (χ4n) is 8.26. The standard InChI is InChI=1S/C45H36N2.C2H6/c1-5-33-37-26-29(20-24-43(37)46(41(33)6-2)31-14-8-7-9-15-31)30-21-25-44-38(27-30)36-17-11-13-19-42(36)47(44)32-22-23-35-34-16-10-12-18-39(34)45(3,4)40(35)28-32;1-2/h5,7-28H,1,6H2,2-4H3;1-2H3. The van der Waals surface area contributed by atoms with Crippen LogP contribution in [0.4, 0.5) is 0 Å². The molecule has 1 aliphatic carbocycles. The number of para-hydroxylation sites is 2. The van der Waals surface area contributed by atoms with Gasteiger partial charge in [-0.2, -0.15) is 0 Å². The minimum absolute atomic E-state index is 0.0477. The van der Waals surface area contributed by atoms with Crippen LogP contribution in [0.5, 0.6) is 0 Å². The van der Waals surface area contributed by atoms with Crippen molar-refractivity contribution in [3.8, 4) is 33.6 Å². The Labute approximate surface area is 289 Å². The van der Waals surface area contributed by atoms with E-state index in [0.717, 1.165) is 6.42 Å². The molecule has 0 N–H and O–H groups in total. The molecule has 0 saturated carbocycles. The molecule has 2 heteroatoms. The lowest BCUT2D eigenvalue weighted by Gasteiger charge is -2.22. The molecule has 0 unspecified atom stereocenters. The number of hydrogen-bond donors (Lipinski definition) is 0. The molecule has 240 valence electrons. The zero-order valence-electron chi connectivity index (χ0n) is 29.1. The SMILES string of the molecule is C=Cc1c(CC)n(-c2ccccc2)c2ccc(-c3ccc4c(c3)c3ccccc3n4-c3ccc4c(c3)C(C)(C)c3ccccc3-4)cc12.CC. The lowest BCUT2D eigenvalue weighted by atomic mass is 9.82. The lowest BCUT2D eigenvalue weighted by Crippen LogP contribution is -2.15. The van der Waals surface area contributed by atoms with Gasteiger partial charge in [0.1, 0.15) is 0 Å². The summed E-state index contributed by atoms with van der Waals surface area (Å²) < 4.78 is 4.84. The molecule has 9 rings (SSSR count). The van der Waals surface area contributed by atoms with Gasteiger partial charge in [0.15, 0.2) is 0 Å². The van der Waals surface area contributed by atoms with Crippen molar-refractivity contribution in [1.82, 2.24) is 9.13 Å². The van der Waals surface area contributed by atoms with Gasteiger partial charge in [0.05, 0.1) is 16.6 Å². The predicted octanol–water partition coefficient (Wildman–Crippen LogP) is 12.9. The second-order valence-electron chi connectivity index (χ2n) is 13.3. The Bertz CT molecular complexity index is 2540. The summed E-state index contributed by atoms with van der Waals surface area (Å²) in [5.74, 6) is 0. The Hall–Kier alpha value is -5.60. The van der Waals surface area contributed by atoms with Crippen molar-refractivity contribution >= 4 is 38.8 Å². The van der Waals surface area contributed by atoms with Gasteiger partial charge in [-0.3, -0.25) is 0 Å². The van der Waals surface area contributed by atoms with Crippen LogP contribution in [0.3, 0.4) is 0 Å². The number of hydrogen-bond acceptors (Lipinski definition) is 0. The van der Waals surface area contributed by atoms with E-state index < -0.39 is 0 Å². The van der Waals surface area contributed by atoms with Gasteiger partial charge in [0.2, 0.25) is 0 Å². The second-order valence-corrected chi connectivity index (χ2v) is 13.3. The van der Waals surface area contributed by atoms with Crippen LogP contribution in [0.2, 0.25) is 0 Å². The van der Waals surface area contributed by atoms with E-state index in [1.165, 1.54) is 88.7 Å². The Balaban J connectivity index is 0.00000171. The fraction of sp³-hybridized carbons (Fsp3) is 0.149. The van der Waals surface area contributed by atoms with E-state index in [1.54, 1.807) is 0 Å². The monoisotopic (exact) mass is 634 g/mol. The molecule has 6 aromatic carbocycles. The van der Waals surface area contributed by atoms with Crippen LogP contribution in [0.15, 0.2) is 140 Å². The largest absolute Gasteiger partial charge is 0.313 e. The van der Waals surface area contributed by atoms with Crippen molar-refractivity contribution in [3.63, 3.8) is 0 Å². The van der Waals surface area contributed by atoms with Gasteiger partial charge in [-0.25, -0.2) is 0 Å². The van der Waals surface area contributed by atoms with E-state index in [-0.39, 0.29) is 5.41 Å². The summed E-state index contributed by atoms with van der Waals surface area (Å²) in [5.41, 5.74) is 16.4. The van der Waals surface area contributed by atoms with E-state index in [9.17, 15) is 0 Å². The highest BCUT2D eigenvalue weighted by Gasteiger charge is 2.35. The molecule has 0 radical (unpaired) electrons. The van der Waals surface area contributed by atoms with Crippen molar-refractivity contribution in [3.05, 3.63) is 162 Å². The van der Waals surface area contributed by atoms with Crippen LogP contribution in [-0.2, 0) is 11.8 Å². The highest BCUT2D eigenvalue weighted by Crippen LogP contribution is 2.49. The van der Waals surface area contributed by atoms with E-state index >= 15 is 0 Å². The Morgan fingerprint density at radius 3 is 1.90 bits per heavy atom. The third kappa shape index (κ3) is 4.54. The Kier molecular flexibility index (Phi) is 7.41. The van der Waals surface area contributed by atoms with Crippen LogP contribution in [0.1, 0.15) is 57.0 Å². The van der Waals surface area contributed by atoms with Gasteiger partial charge >= 0.3 is 0 Å². The summed E-state index contributed by atoms with van der Waals surface area (Å²) in [4.78, 5) is 0. The molecule has 0 amide bonds. The molecule has 0 atom stereocenters. The van der Waals surface area contributed by atoms with Gasteiger partial charge in [0.25, 0.3) is 0 Å². The normalized spacial score (nSPS) is 12.9. The summed E-state index contributed by atoms with van der Waals surface area (Å²) in [6, 6.07) is 49.3. The van der Waals surface area contributed by atoms with Gasteiger partial charge in [-0.1, -0.05) is 126 Å². The molecule has 0 fully saturated rings. The molecule has 0 aliphatic heterocycles. The topological polar surface area (TPSA) is 9.86 Å². The van der Waals surface area contributed by atoms with Crippen LogP contribution in [-0.4, -0.2) is 9.13 Å². The number of aromatic nitrogens is 2. The molecule has 1 aliphatic rings. The van der Waals surface area contributed by atoms with Crippen molar-refractivity contribution in [2.45, 2.75) is 46.5 Å². The number of rotatable bonds is 5. The van der Waals surface area contributed by atoms with Gasteiger partial charge in [0, 0.05) is 44.2 Å². The number of benzene rings is 6. The molecule has 49 heavy (non-hydrogen) atoms. The van der Waals surface area contributed by atoms with E-state index in [4.69, 9.17) is 0 Å². The molecular weight excluding hydrogens is 593 g/mol. The smallest absolute Gasteiger partial charge is 0.0541 e. The number of nitrogens with zero attached hydrogens (tertiary/aromatic N) is 2. The fourth-order valence-corrected chi connectivity index (χ4v) is 8.26. The third-order valence-corrected chi connectivity index (χ3v) is 10.5. The van der Waals surface area contributed by atoms with Crippen molar-refractivity contribution in [2.75, 3.05) is 0 Å². The Morgan fingerprint density at radius 1 is 0.551 bits per heavy atom. The molecule has 8 aromatic rings. The molecule has 0 spiro atoms. The van der Waals surface area contributed by atoms with Crippen LogP contribution < -0.4 is 0 Å². The molecule has 0 saturated heterocycles. The zero-order valence-corrected chi connectivity index (χ0v) is 29.1. The first-order valence-corrected chi connectivity index (χ1v) is 17.6. The summed E-state index contributed by atoms with van der Waals surface area (Å²) in [5, 5.41) is 3.77. The zero-order chi connectivity index (χ0) is 33.9. The first kappa shape index (κ1) is 30.7. The number of fused-ring (bicyclic) bond motifs is 7. The van der Waals surface area contributed by atoms with Crippen molar-refractivity contribution < 1.29 is 0 Å². The Morgan fingerprint density at radius 2 is 1.16 bits per heavy atom. The maximum Gasteiger partial charge on any atom is 0.0541 e.